The van der Waals surface area contributed by atoms with E-state index in [2.05, 4.69) is 39.3 Å². The highest BCUT2D eigenvalue weighted by Crippen LogP contribution is 2.22. The second kappa shape index (κ2) is 6.65. The second-order valence-electron chi connectivity index (χ2n) is 7.75. The van der Waals surface area contributed by atoms with E-state index in [4.69, 9.17) is 14.2 Å². The Bertz CT molecular complexity index is 238. The molecule has 2 atom stereocenters. The molecule has 0 aromatic rings. The average molecular weight is 291 g/mol. The second-order valence-corrected chi connectivity index (χ2v) is 18.7. The Morgan fingerprint density at radius 1 is 0.889 bits per heavy atom. The third kappa shape index (κ3) is 11.4. The van der Waals surface area contributed by atoms with Gasteiger partial charge in [-0.25, -0.2) is 0 Å². The first-order chi connectivity index (χ1) is 8.16. The van der Waals surface area contributed by atoms with E-state index in [1.807, 2.05) is 0 Å². The van der Waals surface area contributed by atoms with Gasteiger partial charge in [-0.2, -0.15) is 0 Å². The van der Waals surface area contributed by atoms with Gasteiger partial charge in [0.25, 0.3) is 0 Å². The first kappa shape index (κ1) is 16.4. The predicted octanol–water partition coefficient (Wildman–Crippen LogP) is 3.00. The van der Waals surface area contributed by atoms with Gasteiger partial charge in [0.15, 0.2) is 0 Å². The first-order valence-corrected chi connectivity index (χ1v) is 14.4. The fraction of sp³-hybridized carbons (Fsp3) is 1.00. The van der Waals surface area contributed by atoms with Crippen LogP contribution in [0.5, 0.6) is 0 Å². The highest BCUT2D eigenvalue weighted by molar-refractivity contribution is 6.76. The Morgan fingerprint density at radius 3 is 1.67 bits per heavy atom. The van der Waals surface area contributed by atoms with Crippen molar-refractivity contribution in [3.05, 3.63) is 0 Å². The minimum atomic E-state index is -0.974. The lowest BCUT2D eigenvalue weighted by Gasteiger charge is -2.14. The quantitative estimate of drug-likeness (QED) is 0.557. The van der Waals surface area contributed by atoms with Gasteiger partial charge in [0.05, 0.1) is 34.0 Å². The van der Waals surface area contributed by atoms with E-state index in [0.29, 0.717) is 12.2 Å². The predicted molar refractivity (Wildman–Crippen MR) is 81.8 cm³/mol. The van der Waals surface area contributed by atoms with Gasteiger partial charge in [0.2, 0.25) is 0 Å². The molecule has 2 aliphatic rings. The molecule has 3 nitrogen and oxygen atoms in total. The summed E-state index contributed by atoms with van der Waals surface area (Å²) in [5.41, 5.74) is 0. The van der Waals surface area contributed by atoms with E-state index in [1.165, 1.54) is 6.04 Å². The van der Waals surface area contributed by atoms with Crippen LogP contribution in [0.25, 0.3) is 0 Å². The molecule has 0 radical (unpaired) electrons. The zero-order valence-corrected chi connectivity index (χ0v) is 14.9. The summed E-state index contributed by atoms with van der Waals surface area (Å²) in [7, 11) is -1.76. The van der Waals surface area contributed by atoms with Crippen molar-refractivity contribution in [3.63, 3.8) is 0 Å². The molecule has 2 aliphatic heterocycles. The van der Waals surface area contributed by atoms with Gasteiger partial charge in [-0.1, -0.05) is 39.3 Å². The molecule has 108 valence electrons. The minimum Gasteiger partial charge on any atom is -0.382 e. The van der Waals surface area contributed by atoms with Gasteiger partial charge < -0.3 is 14.2 Å². The van der Waals surface area contributed by atoms with E-state index in [0.717, 1.165) is 26.1 Å². The molecule has 0 aromatic heterocycles. The minimum absolute atomic E-state index is 0.427. The van der Waals surface area contributed by atoms with Crippen LogP contribution in [0.15, 0.2) is 0 Å². The molecule has 0 N–H and O–H groups in total. The van der Waals surface area contributed by atoms with E-state index >= 15 is 0 Å². The van der Waals surface area contributed by atoms with Gasteiger partial charge in [-0.3, -0.25) is 0 Å². The average Bonchev–Trinajstić information content (AvgIpc) is 2.94. The van der Waals surface area contributed by atoms with Gasteiger partial charge in [0.1, 0.15) is 6.10 Å². The third-order valence-electron chi connectivity index (χ3n) is 2.48. The standard InChI is InChI=1S/C7H16O2Si.C6H14OSi/c1-10(2,3)6-8-4-7-5-9-7;1-8(2,3)5-6-4-7-6/h7H,4-6H2,1-3H3;6H,4-5H2,1-3H3. The Hall–Kier alpha value is 0.314. The summed E-state index contributed by atoms with van der Waals surface area (Å²) in [6.07, 6.45) is 2.05. The number of epoxide rings is 2. The molecule has 5 heteroatoms. The number of ether oxygens (including phenoxy) is 3. The molecule has 2 heterocycles. The molecule has 0 amide bonds. The highest BCUT2D eigenvalue weighted by atomic mass is 28.3. The summed E-state index contributed by atoms with van der Waals surface area (Å²) in [5.74, 6) is 0. The Kier molecular flexibility index (Phi) is 6.05. The molecule has 0 aromatic carbocycles. The largest absolute Gasteiger partial charge is 0.382 e. The smallest absolute Gasteiger partial charge is 0.104 e. The molecule has 0 spiro atoms. The molecule has 0 bridgehead atoms. The van der Waals surface area contributed by atoms with Gasteiger partial charge in [0, 0.05) is 14.3 Å². The Balaban J connectivity index is 0.000000184. The Morgan fingerprint density at radius 2 is 1.39 bits per heavy atom. The fourth-order valence-electron chi connectivity index (χ4n) is 1.53. The molecule has 2 rings (SSSR count). The van der Waals surface area contributed by atoms with Crippen LogP contribution in [-0.4, -0.2) is 54.4 Å². The maximum absolute atomic E-state index is 5.46. The van der Waals surface area contributed by atoms with Crippen LogP contribution in [-0.2, 0) is 14.2 Å². The van der Waals surface area contributed by atoms with Crippen molar-refractivity contribution in [1.29, 1.82) is 0 Å². The molecule has 0 aliphatic carbocycles. The van der Waals surface area contributed by atoms with Crippen molar-refractivity contribution >= 4 is 16.1 Å². The SMILES string of the molecule is C[Si](C)(C)CC1CO1.C[Si](C)(C)COCC1CO1. The van der Waals surface area contributed by atoms with Gasteiger partial charge >= 0.3 is 0 Å². The number of hydrogen-bond donors (Lipinski definition) is 0. The van der Waals surface area contributed by atoms with Crippen LogP contribution in [0, 0.1) is 0 Å². The van der Waals surface area contributed by atoms with Crippen LogP contribution in [0.3, 0.4) is 0 Å². The van der Waals surface area contributed by atoms with Crippen LogP contribution in [0.2, 0.25) is 45.3 Å². The summed E-state index contributed by atoms with van der Waals surface area (Å²) in [6.45, 7) is 16.8. The monoisotopic (exact) mass is 290 g/mol. The van der Waals surface area contributed by atoms with E-state index < -0.39 is 16.1 Å². The summed E-state index contributed by atoms with van der Waals surface area (Å²) in [4.78, 5) is 0. The van der Waals surface area contributed by atoms with Crippen LogP contribution in [0.1, 0.15) is 0 Å². The zero-order chi connectivity index (χ0) is 13.8. The van der Waals surface area contributed by atoms with Crippen molar-refractivity contribution in [2.45, 2.75) is 57.5 Å². The summed E-state index contributed by atoms with van der Waals surface area (Å²) in [5, 5.41) is 0. The maximum atomic E-state index is 5.46. The molecule has 2 saturated heterocycles. The molecular weight excluding hydrogens is 260 g/mol. The van der Waals surface area contributed by atoms with Crippen LogP contribution in [0.4, 0.5) is 0 Å². The molecule has 0 saturated carbocycles. The number of rotatable bonds is 6. The highest BCUT2D eigenvalue weighted by Gasteiger charge is 2.29. The van der Waals surface area contributed by atoms with Gasteiger partial charge in [-0.05, 0) is 6.04 Å². The topological polar surface area (TPSA) is 34.3 Å². The zero-order valence-electron chi connectivity index (χ0n) is 12.9. The van der Waals surface area contributed by atoms with Crippen LogP contribution >= 0.6 is 0 Å². The van der Waals surface area contributed by atoms with Crippen molar-refractivity contribution < 1.29 is 14.2 Å². The third-order valence-corrected chi connectivity index (χ3v) is 5.23. The molecule has 2 fully saturated rings. The summed E-state index contributed by atoms with van der Waals surface area (Å²) < 4.78 is 15.6. The van der Waals surface area contributed by atoms with Crippen molar-refractivity contribution in [2.24, 2.45) is 0 Å². The molecule has 18 heavy (non-hydrogen) atoms. The Labute approximate surface area is 114 Å². The summed E-state index contributed by atoms with van der Waals surface area (Å²) in [6, 6.07) is 1.35. The van der Waals surface area contributed by atoms with Gasteiger partial charge in [-0.15, -0.1) is 0 Å². The summed E-state index contributed by atoms with van der Waals surface area (Å²) >= 11 is 0. The van der Waals surface area contributed by atoms with Crippen molar-refractivity contribution in [2.75, 3.05) is 26.1 Å². The van der Waals surface area contributed by atoms with E-state index in [9.17, 15) is 0 Å². The normalized spacial score (nSPS) is 26.3. The fourth-order valence-corrected chi connectivity index (χ4v) is 3.86. The van der Waals surface area contributed by atoms with Crippen molar-refractivity contribution in [1.82, 2.24) is 0 Å². The number of hydrogen-bond acceptors (Lipinski definition) is 3. The maximum Gasteiger partial charge on any atom is 0.104 e. The first-order valence-electron chi connectivity index (χ1n) is 6.97. The van der Waals surface area contributed by atoms with Crippen LogP contribution < -0.4 is 0 Å². The lowest BCUT2D eigenvalue weighted by Crippen LogP contribution is -2.29. The lowest BCUT2D eigenvalue weighted by atomic mass is 10.5. The molecule has 2 unspecified atom stereocenters. The van der Waals surface area contributed by atoms with Crippen molar-refractivity contribution in [3.8, 4) is 0 Å². The lowest BCUT2D eigenvalue weighted by molar-refractivity contribution is 0.150. The van der Waals surface area contributed by atoms with E-state index in [-0.39, 0.29) is 0 Å². The molecular formula is C13H30O3Si2. The van der Waals surface area contributed by atoms with E-state index in [1.54, 1.807) is 0 Å².